The van der Waals surface area contributed by atoms with Gasteiger partial charge in [-0.15, -0.1) is 0 Å². The molecule has 0 saturated heterocycles. The molecule has 0 aliphatic heterocycles. The molecule has 29 heavy (non-hydrogen) atoms. The fraction of sp³-hybridized carbons (Fsp3) is 0.588. The smallest absolute Gasteiger partial charge is 0.322 e. The summed E-state index contributed by atoms with van der Waals surface area (Å²) in [4.78, 5) is 54.1. The Morgan fingerprint density at radius 3 is 2.31 bits per heavy atom. The minimum atomic E-state index is -1.35. The summed E-state index contributed by atoms with van der Waals surface area (Å²) in [6.45, 7) is 2.30. The van der Waals surface area contributed by atoms with E-state index in [1.54, 1.807) is 0 Å². The summed E-state index contributed by atoms with van der Waals surface area (Å²) in [5, 5.41) is 24.9. The van der Waals surface area contributed by atoms with E-state index < -0.39 is 55.0 Å². The normalized spacial score (nSPS) is 14.0. The molecule has 1 aromatic heterocycles. The van der Waals surface area contributed by atoms with E-state index in [-0.39, 0.29) is 18.8 Å². The Balaban J connectivity index is 2.73. The number of nitrogens with one attached hydrogen (secondary N) is 4. The zero-order valence-electron chi connectivity index (χ0n) is 16.3. The first-order chi connectivity index (χ1) is 13.6. The van der Waals surface area contributed by atoms with E-state index in [9.17, 15) is 24.3 Å². The molecule has 12 nitrogen and oxygen atoms in total. The maximum absolute atomic E-state index is 12.6. The number of carbonyl (C=O) groups excluding carboxylic acids is 3. The van der Waals surface area contributed by atoms with Crippen molar-refractivity contribution in [1.29, 1.82) is 0 Å². The van der Waals surface area contributed by atoms with Gasteiger partial charge in [0.2, 0.25) is 17.7 Å². The molecule has 0 fully saturated rings. The molecule has 3 unspecified atom stereocenters. The number of aliphatic hydroxyl groups excluding tert-OH is 1. The van der Waals surface area contributed by atoms with Crippen molar-refractivity contribution in [2.45, 2.75) is 44.8 Å². The minimum Gasteiger partial charge on any atom is -0.480 e. The second kappa shape index (κ2) is 11.8. The molecule has 3 atom stereocenters. The quantitative estimate of drug-likeness (QED) is 0.195. The van der Waals surface area contributed by atoms with Crippen LogP contribution in [0.2, 0.25) is 0 Å². The standard InChI is InChI=1S/C17H28N6O6/c1-9(2)3-12(22-15(27)11(18)4-10-5-19-8-21-10)17(29)23-13(7-24)16(28)20-6-14(25)26/h5,8-9,11-13,24H,3-4,6-7,18H2,1-2H3,(H,19,21)(H,20,28)(H,22,27)(H,23,29)(H,25,26). The van der Waals surface area contributed by atoms with Crippen molar-refractivity contribution in [3.63, 3.8) is 0 Å². The van der Waals surface area contributed by atoms with Crippen LogP contribution in [0.5, 0.6) is 0 Å². The molecule has 0 aliphatic rings. The van der Waals surface area contributed by atoms with Crippen molar-refractivity contribution in [2.75, 3.05) is 13.2 Å². The van der Waals surface area contributed by atoms with Gasteiger partial charge in [-0.2, -0.15) is 0 Å². The number of carboxylic acid groups (broad SMARTS) is 1. The van der Waals surface area contributed by atoms with Crippen LogP contribution >= 0.6 is 0 Å². The second-order valence-corrected chi connectivity index (χ2v) is 6.93. The van der Waals surface area contributed by atoms with Crippen LogP contribution in [0.25, 0.3) is 0 Å². The summed E-state index contributed by atoms with van der Waals surface area (Å²) in [7, 11) is 0. The molecule has 162 valence electrons. The number of nitrogens with two attached hydrogens (primary N) is 1. The zero-order valence-corrected chi connectivity index (χ0v) is 16.3. The number of aromatic amines is 1. The summed E-state index contributed by atoms with van der Waals surface area (Å²) >= 11 is 0. The zero-order chi connectivity index (χ0) is 22.0. The molecule has 8 N–H and O–H groups in total. The minimum absolute atomic E-state index is 0.0308. The van der Waals surface area contributed by atoms with Crippen LogP contribution in [0.15, 0.2) is 12.5 Å². The number of hydrogen-bond donors (Lipinski definition) is 7. The molecule has 12 heteroatoms. The Labute approximate surface area is 167 Å². The van der Waals surface area contributed by atoms with Gasteiger partial charge in [-0.25, -0.2) is 4.98 Å². The molecular weight excluding hydrogens is 384 g/mol. The Kier molecular flexibility index (Phi) is 9.75. The predicted molar refractivity (Wildman–Crippen MR) is 101 cm³/mol. The van der Waals surface area contributed by atoms with Crippen LogP contribution in [0, 0.1) is 5.92 Å². The highest BCUT2D eigenvalue weighted by Gasteiger charge is 2.28. The lowest BCUT2D eigenvalue weighted by atomic mass is 10.0. The van der Waals surface area contributed by atoms with Crippen molar-refractivity contribution in [3.05, 3.63) is 18.2 Å². The number of aromatic nitrogens is 2. The predicted octanol–water partition coefficient (Wildman–Crippen LogP) is -2.51. The number of imidazole rings is 1. The van der Waals surface area contributed by atoms with Gasteiger partial charge >= 0.3 is 5.97 Å². The van der Waals surface area contributed by atoms with Gasteiger partial charge in [0.25, 0.3) is 0 Å². The van der Waals surface area contributed by atoms with Gasteiger partial charge in [-0.1, -0.05) is 13.8 Å². The highest BCUT2D eigenvalue weighted by atomic mass is 16.4. The number of carbonyl (C=O) groups is 4. The topological polar surface area (TPSA) is 200 Å². The number of H-pyrrole nitrogens is 1. The molecule has 0 aliphatic carbocycles. The largest absolute Gasteiger partial charge is 0.480 e. The van der Waals surface area contributed by atoms with E-state index in [1.807, 2.05) is 13.8 Å². The molecule has 3 amide bonds. The van der Waals surface area contributed by atoms with Crippen LogP contribution in [0.3, 0.4) is 0 Å². The van der Waals surface area contributed by atoms with Gasteiger partial charge in [-0.05, 0) is 12.3 Å². The monoisotopic (exact) mass is 412 g/mol. The first-order valence-corrected chi connectivity index (χ1v) is 9.08. The Bertz CT molecular complexity index is 693. The van der Waals surface area contributed by atoms with Crippen molar-refractivity contribution >= 4 is 23.7 Å². The van der Waals surface area contributed by atoms with Crippen molar-refractivity contribution < 1.29 is 29.4 Å². The molecule has 1 rings (SSSR count). The molecule has 0 aromatic carbocycles. The number of amides is 3. The third-order valence-corrected chi connectivity index (χ3v) is 3.90. The Morgan fingerprint density at radius 1 is 1.14 bits per heavy atom. The highest BCUT2D eigenvalue weighted by molar-refractivity contribution is 5.93. The van der Waals surface area contributed by atoms with E-state index in [2.05, 4.69) is 25.9 Å². The van der Waals surface area contributed by atoms with Crippen molar-refractivity contribution in [3.8, 4) is 0 Å². The van der Waals surface area contributed by atoms with E-state index >= 15 is 0 Å². The summed E-state index contributed by atoms with van der Waals surface area (Å²) in [6, 6.07) is -3.27. The summed E-state index contributed by atoms with van der Waals surface area (Å²) < 4.78 is 0. The number of rotatable bonds is 12. The molecule has 0 spiro atoms. The molecular formula is C17H28N6O6. The van der Waals surface area contributed by atoms with Crippen LogP contribution in [-0.4, -0.2) is 75.1 Å². The molecule has 0 radical (unpaired) electrons. The summed E-state index contributed by atoms with van der Waals surface area (Å²) in [5.74, 6) is -3.34. The number of nitrogens with zero attached hydrogens (tertiary/aromatic N) is 1. The fourth-order valence-corrected chi connectivity index (χ4v) is 2.46. The van der Waals surface area contributed by atoms with Crippen LogP contribution in [0.1, 0.15) is 26.0 Å². The Morgan fingerprint density at radius 2 is 1.79 bits per heavy atom. The summed E-state index contributed by atoms with van der Waals surface area (Å²) in [5.41, 5.74) is 6.54. The number of aliphatic hydroxyl groups is 1. The fourth-order valence-electron chi connectivity index (χ4n) is 2.46. The van der Waals surface area contributed by atoms with Gasteiger partial charge in [0.15, 0.2) is 0 Å². The van der Waals surface area contributed by atoms with Gasteiger partial charge < -0.3 is 36.9 Å². The number of hydrogen-bond acceptors (Lipinski definition) is 7. The van der Waals surface area contributed by atoms with Gasteiger partial charge in [0.1, 0.15) is 18.6 Å². The first kappa shape index (κ1) is 24.0. The maximum atomic E-state index is 12.6. The highest BCUT2D eigenvalue weighted by Crippen LogP contribution is 2.06. The van der Waals surface area contributed by atoms with Gasteiger partial charge in [-0.3, -0.25) is 19.2 Å². The third kappa shape index (κ3) is 8.70. The van der Waals surface area contributed by atoms with Gasteiger partial charge in [0.05, 0.1) is 19.0 Å². The molecule has 0 bridgehead atoms. The maximum Gasteiger partial charge on any atom is 0.322 e. The van der Waals surface area contributed by atoms with Crippen LogP contribution in [0.4, 0.5) is 0 Å². The number of aliphatic carboxylic acids is 1. The van der Waals surface area contributed by atoms with Crippen molar-refractivity contribution in [2.24, 2.45) is 11.7 Å². The summed E-state index contributed by atoms with van der Waals surface area (Å²) in [6.07, 6.45) is 3.45. The van der Waals surface area contributed by atoms with E-state index in [0.29, 0.717) is 5.69 Å². The number of carboxylic acids is 1. The first-order valence-electron chi connectivity index (χ1n) is 9.08. The second-order valence-electron chi connectivity index (χ2n) is 6.93. The van der Waals surface area contributed by atoms with Crippen LogP contribution < -0.4 is 21.7 Å². The lowest BCUT2D eigenvalue weighted by molar-refractivity contribution is -0.139. The average molecular weight is 412 g/mol. The lowest BCUT2D eigenvalue weighted by Crippen LogP contribution is -2.57. The van der Waals surface area contributed by atoms with Crippen LogP contribution in [-0.2, 0) is 25.6 Å². The molecule has 1 heterocycles. The van der Waals surface area contributed by atoms with E-state index in [4.69, 9.17) is 10.8 Å². The molecule has 0 saturated carbocycles. The van der Waals surface area contributed by atoms with Crippen molar-refractivity contribution in [1.82, 2.24) is 25.9 Å². The van der Waals surface area contributed by atoms with E-state index in [1.165, 1.54) is 12.5 Å². The SMILES string of the molecule is CC(C)CC(NC(=O)C(N)Cc1cnc[nH]1)C(=O)NC(CO)C(=O)NCC(=O)O. The third-order valence-electron chi connectivity index (χ3n) is 3.90. The van der Waals surface area contributed by atoms with E-state index in [0.717, 1.165) is 0 Å². The van der Waals surface area contributed by atoms with Gasteiger partial charge in [0, 0.05) is 18.3 Å². The Hall–Kier alpha value is -2.99. The molecule has 1 aromatic rings. The average Bonchev–Trinajstić information content (AvgIpc) is 3.15. The lowest BCUT2D eigenvalue weighted by Gasteiger charge is -2.24.